The zero-order chi connectivity index (χ0) is 3.58. The molecule has 0 bridgehead atoms. The summed E-state index contributed by atoms with van der Waals surface area (Å²) in [6.45, 7) is 5.26. The van der Waals surface area contributed by atoms with Gasteiger partial charge in [-0.25, -0.2) is 0 Å². The van der Waals surface area contributed by atoms with Crippen LogP contribution in [0.5, 0.6) is 0 Å². The van der Waals surface area contributed by atoms with Crippen molar-refractivity contribution in [1.29, 1.82) is 0 Å². The molecule has 0 aliphatic carbocycles. The molecule has 0 fully saturated rings. The highest BCUT2D eigenvalue weighted by molar-refractivity contribution is 7.84. The van der Waals surface area contributed by atoms with E-state index in [1.807, 2.05) is 6.92 Å². The summed E-state index contributed by atoms with van der Waals surface area (Å²) < 4.78 is 0. The Balaban J connectivity index is 0. The SMILES string of the molecule is C=C(C)S.O. The number of thiol groups is 1. The third-order valence-corrected chi connectivity index (χ3v) is 0. The van der Waals surface area contributed by atoms with Gasteiger partial charge in [0.25, 0.3) is 0 Å². The van der Waals surface area contributed by atoms with Crippen molar-refractivity contribution in [2.45, 2.75) is 6.92 Å². The Bertz CT molecular complexity index is 29.9. The second kappa shape index (κ2) is 4.05. The minimum absolute atomic E-state index is 0. The van der Waals surface area contributed by atoms with Crippen LogP contribution in [0.25, 0.3) is 0 Å². The average Bonchev–Trinajstić information content (AvgIpc) is 0.811. The molecule has 0 atom stereocenters. The second-order valence-corrected chi connectivity index (χ2v) is 1.50. The summed E-state index contributed by atoms with van der Waals surface area (Å²) in [6, 6.07) is 0. The molecule has 0 unspecified atom stereocenters. The fourth-order valence-corrected chi connectivity index (χ4v) is 0. The first-order valence-electron chi connectivity index (χ1n) is 1.08. The molecule has 5 heavy (non-hydrogen) atoms. The van der Waals surface area contributed by atoms with Crippen LogP contribution in [-0.2, 0) is 0 Å². The predicted molar refractivity (Wildman–Crippen MR) is 27.4 cm³/mol. The average molecular weight is 92.2 g/mol. The maximum atomic E-state index is 3.77. The van der Waals surface area contributed by atoms with Crippen molar-refractivity contribution in [3.8, 4) is 0 Å². The number of rotatable bonds is 0. The van der Waals surface area contributed by atoms with E-state index in [2.05, 4.69) is 19.2 Å². The van der Waals surface area contributed by atoms with Crippen LogP contribution in [0.3, 0.4) is 0 Å². The van der Waals surface area contributed by atoms with E-state index in [0.29, 0.717) is 0 Å². The van der Waals surface area contributed by atoms with E-state index >= 15 is 0 Å². The van der Waals surface area contributed by atoms with E-state index in [1.54, 1.807) is 0 Å². The van der Waals surface area contributed by atoms with Crippen molar-refractivity contribution in [2.75, 3.05) is 0 Å². The molecule has 2 heteroatoms. The zero-order valence-corrected chi connectivity index (χ0v) is 4.05. The van der Waals surface area contributed by atoms with Gasteiger partial charge in [-0.3, -0.25) is 0 Å². The van der Waals surface area contributed by atoms with Crippen molar-refractivity contribution >= 4 is 12.6 Å². The van der Waals surface area contributed by atoms with Gasteiger partial charge in [0.05, 0.1) is 0 Å². The molecule has 0 aliphatic rings. The van der Waals surface area contributed by atoms with Crippen LogP contribution in [0, 0.1) is 0 Å². The van der Waals surface area contributed by atoms with E-state index in [4.69, 9.17) is 0 Å². The molecule has 0 aromatic heterocycles. The van der Waals surface area contributed by atoms with Crippen molar-refractivity contribution < 1.29 is 5.48 Å². The Labute approximate surface area is 37.4 Å². The summed E-state index contributed by atoms with van der Waals surface area (Å²) >= 11 is 3.77. The van der Waals surface area contributed by atoms with E-state index < -0.39 is 0 Å². The predicted octanol–water partition coefficient (Wildman–Crippen LogP) is 0.625. The zero-order valence-electron chi connectivity index (χ0n) is 3.15. The highest BCUT2D eigenvalue weighted by Crippen LogP contribution is 1.86. The molecule has 0 radical (unpaired) electrons. The van der Waals surface area contributed by atoms with Crippen molar-refractivity contribution in [2.24, 2.45) is 0 Å². The Morgan fingerprint density at radius 3 is 1.80 bits per heavy atom. The van der Waals surface area contributed by atoms with Crippen molar-refractivity contribution in [3.05, 3.63) is 11.5 Å². The van der Waals surface area contributed by atoms with Crippen LogP contribution in [0.1, 0.15) is 6.92 Å². The standard InChI is InChI=1S/C3H6S.H2O/c1-3(2)4;/h4H,1H2,2H3;1H2. The van der Waals surface area contributed by atoms with Crippen LogP contribution in [-0.4, -0.2) is 5.48 Å². The molecule has 0 spiro atoms. The van der Waals surface area contributed by atoms with Gasteiger partial charge < -0.3 is 5.48 Å². The highest BCUT2D eigenvalue weighted by atomic mass is 32.1. The van der Waals surface area contributed by atoms with Crippen LogP contribution < -0.4 is 0 Å². The van der Waals surface area contributed by atoms with Crippen LogP contribution >= 0.6 is 12.6 Å². The molecule has 1 nitrogen and oxygen atoms in total. The molecule has 0 aliphatic heterocycles. The lowest BCUT2D eigenvalue weighted by Gasteiger charge is -1.64. The number of allylic oxidation sites excluding steroid dienone is 1. The molecule has 0 amide bonds. The van der Waals surface area contributed by atoms with E-state index in [0.717, 1.165) is 4.91 Å². The summed E-state index contributed by atoms with van der Waals surface area (Å²) in [5, 5.41) is 0. The van der Waals surface area contributed by atoms with Crippen molar-refractivity contribution in [3.63, 3.8) is 0 Å². The molecule has 2 N–H and O–H groups in total. The third-order valence-electron chi connectivity index (χ3n) is 0. The molecule has 0 aromatic rings. The van der Waals surface area contributed by atoms with E-state index in [1.165, 1.54) is 0 Å². The Hall–Kier alpha value is 0.0500. The fraction of sp³-hybridized carbons (Fsp3) is 0.333. The summed E-state index contributed by atoms with van der Waals surface area (Å²) in [5.74, 6) is 0. The monoisotopic (exact) mass is 92.0 g/mol. The molecular formula is C3H8OS. The van der Waals surface area contributed by atoms with Gasteiger partial charge in [-0.15, -0.1) is 12.6 Å². The minimum Gasteiger partial charge on any atom is -0.412 e. The Kier molecular flexibility index (Phi) is 7.21. The smallest absolute Gasteiger partial charge is 0.0287 e. The van der Waals surface area contributed by atoms with Gasteiger partial charge in [0.1, 0.15) is 0 Å². The molecule has 0 aromatic carbocycles. The topological polar surface area (TPSA) is 31.5 Å². The van der Waals surface area contributed by atoms with Gasteiger partial charge in [0.15, 0.2) is 0 Å². The largest absolute Gasteiger partial charge is 0.412 e. The lowest BCUT2D eigenvalue weighted by molar-refractivity contribution is 0.824. The first-order chi connectivity index (χ1) is 1.73. The van der Waals surface area contributed by atoms with Gasteiger partial charge >= 0.3 is 0 Å². The lowest BCUT2D eigenvalue weighted by Crippen LogP contribution is -1.35. The molecule has 0 saturated heterocycles. The molecule has 32 valence electrons. The van der Waals surface area contributed by atoms with Gasteiger partial charge in [0.2, 0.25) is 0 Å². The van der Waals surface area contributed by atoms with E-state index in [9.17, 15) is 0 Å². The van der Waals surface area contributed by atoms with Crippen LogP contribution in [0.15, 0.2) is 11.5 Å². The van der Waals surface area contributed by atoms with E-state index in [-0.39, 0.29) is 5.48 Å². The van der Waals surface area contributed by atoms with Crippen LogP contribution in [0.2, 0.25) is 0 Å². The second-order valence-electron chi connectivity index (χ2n) is 0.735. The van der Waals surface area contributed by atoms with Gasteiger partial charge in [0, 0.05) is 0 Å². The third kappa shape index (κ3) is 6810. The molecular weight excluding hydrogens is 84.1 g/mol. The fourth-order valence-electron chi connectivity index (χ4n) is 0. The first kappa shape index (κ1) is 8.90. The summed E-state index contributed by atoms with van der Waals surface area (Å²) in [6.07, 6.45) is 0. The first-order valence-corrected chi connectivity index (χ1v) is 1.52. The quantitative estimate of drug-likeness (QED) is 0.425. The summed E-state index contributed by atoms with van der Waals surface area (Å²) in [7, 11) is 0. The van der Waals surface area contributed by atoms with Gasteiger partial charge in [-0.1, -0.05) is 6.58 Å². The molecule has 0 heterocycles. The maximum absolute atomic E-state index is 3.77. The lowest BCUT2D eigenvalue weighted by atomic mass is 10.8. The Morgan fingerprint density at radius 2 is 1.80 bits per heavy atom. The molecule has 0 rings (SSSR count). The van der Waals surface area contributed by atoms with Crippen LogP contribution in [0.4, 0.5) is 0 Å². The normalized spacial score (nSPS) is 5.20. The summed E-state index contributed by atoms with van der Waals surface area (Å²) in [5.41, 5.74) is 0. The maximum Gasteiger partial charge on any atom is -0.0287 e. The Morgan fingerprint density at radius 1 is 1.80 bits per heavy atom. The highest BCUT2D eigenvalue weighted by Gasteiger charge is 1.52. The van der Waals surface area contributed by atoms with Gasteiger partial charge in [-0.05, 0) is 11.8 Å². The number of hydrogen-bond acceptors (Lipinski definition) is 1. The molecule has 0 saturated carbocycles. The minimum atomic E-state index is 0. The number of hydrogen-bond donors (Lipinski definition) is 1. The summed E-state index contributed by atoms with van der Waals surface area (Å²) in [4.78, 5) is 0.861. The van der Waals surface area contributed by atoms with Crippen molar-refractivity contribution in [1.82, 2.24) is 0 Å². The van der Waals surface area contributed by atoms with Gasteiger partial charge in [-0.2, -0.15) is 0 Å².